The van der Waals surface area contributed by atoms with Crippen LogP contribution in [0.25, 0.3) is 10.8 Å². The molecule has 0 aliphatic rings. The van der Waals surface area contributed by atoms with E-state index in [4.69, 9.17) is 11.6 Å². The molecule has 0 saturated heterocycles. The lowest BCUT2D eigenvalue weighted by molar-refractivity contribution is 0.149. The van der Waals surface area contributed by atoms with Gasteiger partial charge < -0.3 is 20.3 Å². The number of carbonyl (C=O) groups is 1. The third kappa shape index (κ3) is 4.80. The highest BCUT2D eigenvalue weighted by atomic mass is 35.5. The molecule has 0 fully saturated rings. The second kappa shape index (κ2) is 9.28. The summed E-state index contributed by atoms with van der Waals surface area (Å²) in [5.41, 5.74) is 0.914. The van der Waals surface area contributed by atoms with Gasteiger partial charge in [0.2, 0.25) is 0 Å². The van der Waals surface area contributed by atoms with Crippen LogP contribution in [0.2, 0.25) is 5.02 Å². The molecule has 8 heteroatoms. The van der Waals surface area contributed by atoms with E-state index in [-0.39, 0.29) is 17.1 Å². The van der Waals surface area contributed by atoms with Crippen molar-refractivity contribution >= 4 is 34.1 Å². The van der Waals surface area contributed by atoms with Gasteiger partial charge in [-0.2, -0.15) is 0 Å². The van der Waals surface area contributed by atoms with Gasteiger partial charge >= 0.3 is 6.03 Å². The van der Waals surface area contributed by atoms with E-state index in [0.717, 1.165) is 10.9 Å². The maximum atomic E-state index is 13.4. The molecular formula is C22H23ClFN3O3. The van der Waals surface area contributed by atoms with Crippen molar-refractivity contribution in [1.82, 2.24) is 9.88 Å². The third-order valence-electron chi connectivity index (χ3n) is 4.98. The molecule has 3 N–H and O–H groups in total. The molecule has 2 atom stereocenters. The summed E-state index contributed by atoms with van der Waals surface area (Å²) in [6.07, 6.45) is 1.37. The van der Waals surface area contributed by atoms with Gasteiger partial charge in [0.15, 0.2) is 0 Å². The van der Waals surface area contributed by atoms with Crippen molar-refractivity contribution in [1.29, 1.82) is 0 Å². The van der Waals surface area contributed by atoms with Crippen molar-refractivity contribution in [2.75, 3.05) is 11.9 Å². The van der Waals surface area contributed by atoms with Gasteiger partial charge in [0.25, 0.3) is 5.56 Å². The summed E-state index contributed by atoms with van der Waals surface area (Å²) in [7, 11) is 0. The quantitative estimate of drug-likeness (QED) is 0.529. The summed E-state index contributed by atoms with van der Waals surface area (Å²) >= 11 is 5.81. The number of benzene rings is 2. The lowest BCUT2D eigenvalue weighted by Gasteiger charge is -2.31. The van der Waals surface area contributed by atoms with Crippen LogP contribution >= 0.6 is 11.6 Å². The molecule has 0 saturated carbocycles. The average molecular weight is 432 g/mol. The van der Waals surface area contributed by atoms with Gasteiger partial charge in [0, 0.05) is 23.8 Å². The van der Waals surface area contributed by atoms with Crippen LogP contribution in [0.15, 0.2) is 53.5 Å². The molecular weight excluding hydrogens is 409 g/mol. The number of carbonyl (C=O) groups excluding carboxylic acids is 1. The molecule has 2 amide bonds. The van der Waals surface area contributed by atoms with E-state index < -0.39 is 24.0 Å². The molecule has 158 valence electrons. The number of anilines is 1. The standard InChI is InChI=1S/C22H23ClFN3O3/c1-13(28)9-10-27(22(30)26-15-7-8-20(24)19(23)11-15)14(2)18-12-25-21(29)17-6-4-3-5-16(17)18/h3-8,11-14,28H,9-10H2,1-2H3,(H,25,29)(H,26,30)/t13-,14+/m1/s1. The molecule has 0 spiro atoms. The number of rotatable bonds is 6. The largest absolute Gasteiger partial charge is 0.393 e. The zero-order valence-corrected chi connectivity index (χ0v) is 17.4. The summed E-state index contributed by atoms with van der Waals surface area (Å²) in [5, 5.41) is 13.6. The van der Waals surface area contributed by atoms with Gasteiger partial charge in [-0.05, 0) is 55.5 Å². The van der Waals surface area contributed by atoms with Crippen LogP contribution in [0.1, 0.15) is 31.9 Å². The maximum absolute atomic E-state index is 13.4. The van der Waals surface area contributed by atoms with Gasteiger partial charge in [-0.15, -0.1) is 0 Å². The number of urea groups is 1. The molecule has 0 aliphatic heterocycles. The number of halogens is 2. The first kappa shape index (κ1) is 21.8. The highest BCUT2D eigenvalue weighted by molar-refractivity contribution is 6.31. The van der Waals surface area contributed by atoms with Crippen molar-refractivity contribution in [2.24, 2.45) is 0 Å². The van der Waals surface area contributed by atoms with Crippen LogP contribution in [-0.2, 0) is 0 Å². The van der Waals surface area contributed by atoms with E-state index >= 15 is 0 Å². The number of H-pyrrole nitrogens is 1. The molecule has 1 heterocycles. The molecule has 0 unspecified atom stereocenters. The molecule has 0 aliphatic carbocycles. The van der Waals surface area contributed by atoms with Crippen molar-refractivity contribution in [3.63, 3.8) is 0 Å². The summed E-state index contributed by atoms with van der Waals surface area (Å²) in [4.78, 5) is 29.5. The summed E-state index contributed by atoms with van der Waals surface area (Å²) < 4.78 is 13.4. The van der Waals surface area contributed by atoms with E-state index in [2.05, 4.69) is 10.3 Å². The normalized spacial score (nSPS) is 13.1. The molecule has 30 heavy (non-hydrogen) atoms. The van der Waals surface area contributed by atoms with E-state index in [1.54, 1.807) is 30.2 Å². The monoisotopic (exact) mass is 431 g/mol. The van der Waals surface area contributed by atoms with E-state index in [0.29, 0.717) is 17.5 Å². The lowest BCUT2D eigenvalue weighted by atomic mass is 10.0. The molecule has 1 aromatic heterocycles. The number of nitrogens with one attached hydrogen (secondary N) is 2. The third-order valence-corrected chi connectivity index (χ3v) is 5.27. The first-order valence-electron chi connectivity index (χ1n) is 9.59. The fraction of sp³-hybridized carbons (Fsp3) is 0.273. The number of aliphatic hydroxyl groups excluding tert-OH is 1. The van der Waals surface area contributed by atoms with Crippen LogP contribution in [0.4, 0.5) is 14.9 Å². The first-order valence-corrected chi connectivity index (χ1v) is 9.96. The van der Waals surface area contributed by atoms with E-state index in [9.17, 15) is 19.1 Å². The number of pyridine rings is 1. The topological polar surface area (TPSA) is 85.4 Å². The Kier molecular flexibility index (Phi) is 6.74. The average Bonchev–Trinajstić information content (AvgIpc) is 2.71. The van der Waals surface area contributed by atoms with Crippen molar-refractivity contribution < 1.29 is 14.3 Å². The van der Waals surface area contributed by atoms with Crippen LogP contribution in [0.5, 0.6) is 0 Å². The maximum Gasteiger partial charge on any atom is 0.322 e. The second-order valence-electron chi connectivity index (χ2n) is 7.18. The van der Waals surface area contributed by atoms with Crippen LogP contribution in [0.3, 0.4) is 0 Å². The van der Waals surface area contributed by atoms with Gasteiger partial charge in [-0.3, -0.25) is 4.79 Å². The Morgan fingerprint density at radius 1 is 1.23 bits per heavy atom. The zero-order valence-electron chi connectivity index (χ0n) is 16.7. The van der Waals surface area contributed by atoms with Gasteiger partial charge in [-0.1, -0.05) is 29.8 Å². The predicted octanol–water partition coefficient (Wildman–Crippen LogP) is 4.69. The summed E-state index contributed by atoms with van der Waals surface area (Å²) in [6, 6.07) is 10.3. The van der Waals surface area contributed by atoms with Crippen molar-refractivity contribution in [3.8, 4) is 0 Å². The molecule has 3 rings (SSSR count). The van der Waals surface area contributed by atoms with E-state index in [1.807, 2.05) is 19.1 Å². The first-order chi connectivity index (χ1) is 14.3. The van der Waals surface area contributed by atoms with Gasteiger partial charge in [-0.25, -0.2) is 9.18 Å². The second-order valence-corrected chi connectivity index (χ2v) is 7.59. The van der Waals surface area contributed by atoms with E-state index in [1.165, 1.54) is 18.2 Å². The lowest BCUT2D eigenvalue weighted by Crippen LogP contribution is -2.39. The number of fused-ring (bicyclic) bond motifs is 1. The highest BCUT2D eigenvalue weighted by Crippen LogP contribution is 2.27. The number of aromatic amines is 1. The Morgan fingerprint density at radius 2 is 1.93 bits per heavy atom. The minimum atomic E-state index is -0.597. The summed E-state index contributed by atoms with van der Waals surface area (Å²) in [5.74, 6) is -0.575. The predicted molar refractivity (Wildman–Crippen MR) is 116 cm³/mol. The van der Waals surface area contributed by atoms with Gasteiger partial charge in [0.05, 0.1) is 17.2 Å². The van der Waals surface area contributed by atoms with Crippen LogP contribution in [-0.4, -0.2) is 33.7 Å². The Morgan fingerprint density at radius 3 is 2.60 bits per heavy atom. The highest BCUT2D eigenvalue weighted by Gasteiger charge is 2.24. The number of nitrogens with zero attached hydrogens (tertiary/aromatic N) is 1. The van der Waals surface area contributed by atoms with Crippen LogP contribution in [0, 0.1) is 5.82 Å². The molecule has 0 bridgehead atoms. The minimum absolute atomic E-state index is 0.0944. The summed E-state index contributed by atoms with van der Waals surface area (Å²) in [6.45, 7) is 3.77. The molecule has 6 nitrogen and oxygen atoms in total. The van der Waals surface area contributed by atoms with Crippen molar-refractivity contribution in [3.05, 3.63) is 75.4 Å². The Labute approximate surface area is 178 Å². The Balaban J connectivity index is 1.94. The molecule has 2 aromatic carbocycles. The minimum Gasteiger partial charge on any atom is -0.393 e. The number of aromatic nitrogens is 1. The number of hydrogen-bond donors (Lipinski definition) is 3. The molecule has 3 aromatic rings. The fourth-order valence-electron chi connectivity index (χ4n) is 3.31. The fourth-order valence-corrected chi connectivity index (χ4v) is 3.49. The van der Waals surface area contributed by atoms with Gasteiger partial charge in [0.1, 0.15) is 5.82 Å². The van der Waals surface area contributed by atoms with Crippen molar-refractivity contribution in [2.45, 2.75) is 32.4 Å². The number of amides is 2. The molecule has 0 radical (unpaired) electrons. The van der Waals surface area contributed by atoms with Crippen LogP contribution < -0.4 is 10.9 Å². The number of hydrogen-bond acceptors (Lipinski definition) is 3. The Bertz CT molecular complexity index is 1120. The Hall–Kier alpha value is -2.90. The smallest absolute Gasteiger partial charge is 0.322 e. The zero-order chi connectivity index (χ0) is 21.8. The SMILES string of the molecule is C[C@@H](O)CCN(C(=O)Nc1ccc(F)c(Cl)c1)[C@@H](C)c1c[nH]c(=O)c2ccccc12. The number of aliphatic hydroxyl groups is 1.